The number of carbonyl (C=O) groups is 6. The number of hydrogen-bond acceptors (Lipinski definition) is 8. The first-order chi connectivity index (χ1) is 31.4. The Morgan fingerprint density at radius 1 is 0.773 bits per heavy atom. The summed E-state index contributed by atoms with van der Waals surface area (Å²) in [7, 11) is 0. The van der Waals surface area contributed by atoms with Crippen LogP contribution in [0.15, 0.2) is 42.5 Å². The summed E-state index contributed by atoms with van der Waals surface area (Å²) in [6.45, 7) is 6.82. The maximum Gasteiger partial charge on any atom is 0.268 e. The maximum absolute atomic E-state index is 14.1. The fourth-order valence-corrected chi connectivity index (χ4v) is 9.79. The third-order valence-electron chi connectivity index (χ3n) is 12.6. The van der Waals surface area contributed by atoms with Gasteiger partial charge < -0.3 is 41.5 Å². The normalized spacial score (nSPS) is 21.4. The molecule has 5 unspecified atom stereocenters. The lowest BCUT2D eigenvalue weighted by Gasteiger charge is -2.34. The molecule has 348 valence electrons. The van der Waals surface area contributed by atoms with Gasteiger partial charge in [0, 0.05) is 41.7 Å². The van der Waals surface area contributed by atoms with Crippen molar-refractivity contribution in [2.45, 2.75) is 109 Å². The monoisotopic (exact) mass is 958 g/mol. The highest BCUT2D eigenvalue weighted by atomic mass is 35.5. The van der Waals surface area contributed by atoms with E-state index in [-0.39, 0.29) is 71.3 Å². The van der Waals surface area contributed by atoms with Gasteiger partial charge in [-0.25, -0.2) is 0 Å². The molecule has 66 heavy (non-hydrogen) atoms. The zero-order chi connectivity index (χ0) is 47.4. The highest BCUT2D eigenvalue weighted by Crippen LogP contribution is 2.42. The molecule has 2 aromatic carbocycles. The van der Waals surface area contributed by atoms with E-state index in [0.717, 1.165) is 11.8 Å². The van der Waals surface area contributed by atoms with Crippen LogP contribution >= 0.6 is 34.8 Å². The number of para-hydroxylation sites is 1. The summed E-state index contributed by atoms with van der Waals surface area (Å²) in [6.07, 6.45) is 3.63. The van der Waals surface area contributed by atoms with Crippen LogP contribution < -0.4 is 26.6 Å². The van der Waals surface area contributed by atoms with Gasteiger partial charge in [0.1, 0.15) is 35.6 Å². The molecule has 0 radical (unpaired) electrons. The lowest BCUT2D eigenvalue weighted by Crippen LogP contribution is -2.52. The second-order valence-electron chi connectivity index (χ2n) is 18.9. The number of aromatic amines is 2. The zero-order valence-corrected chi connectivity index (χ0v) is 39.1. The van der Waals surface area contributed by atoms with Crippen LogP contribution in [0.5, 0.6) is 0 Å². The van der Waals surface area contributed by atoms with E-state index in [2.05, 4.69) is 48.7 Å². The summed E-state index contributed by atoms with van der Waals surface area (Å²) >= 11 is 18.9. The molecule has 6 amide bonds. The van der Waals surface area contributed by atoms with Crippen molar-refractivity contribution < 1.29 is 28.8 Å². The van der Waals surface area contributed by atoms with Crippen molar-refractivity contribution >= 4 is 92.1 Å². The first-order valence-corrected chi connectivity index (χ1v) is 23.4. The third-order valence-corrected chi connectivity index (χ3v) is 13.8. The quantitative estimate of drug-likeness (QED) is 0.0672. The van der Waals surface area contributed by atoms with E-state index in [4.69, 9.17) is 34.8 Å². The van der Waals surface area contributed by atoms with Gasteiger partial charge in [-0.05, 0) is 93.4 Å². The number of halogens is 3. The van der Waals surface area contributed by atoms with E-state index < -0.39 is 59.6 Å². The number of benzene rings is 2. The number of hydrogen-bond donors (Lipinski definition) is 7. The Bertz CT molecular complexity index is 2630. The van der Waals surface area contributed by atoms with E-state index in [1.54, 1.807) is 41.3 Å². The van der Waals surface area contributed by atoms with E-state index in [1.807, 2.05) is 26.8 Å². The first kappa shape index (κ1) is 48.1. The van der Waals surface area contributed by atoms with Crippen LogP contribution in [0.4, 0.5) is 0 Å². The van der Waals surface area contributed by atoms with Crippen LogP contribution in [0.2, 0.25) is 15.1 Å². The SMILES string of the molecule is CC(C)(C)CC(NC(=O)c1cc2cccc(Cl)c2[nH]1)C(=O)NC(C#N)CC1CCCN(C2CC2C[C@H](NC(=O)c2cc3ccc(Cl)c(Cl)c3[nH]2)C(=O)N[C@H](C#N)C[C@@H]2CCCNC2=O)C1=O. The van der Waals surface area contributed by atoms with E-state index >= 15 is 0 Å². The van der Waals surface area contributed by atoms with Gasteiger partial charge in [-0.2, -0.15) is 10.5 Å². The Labute approximate surface area is 397 Å². The summed E-state index contributed by atoms with van der Waals surface area (Å²) in [5.41, 5.74) is 1.03. The number of nitrogens with zero attached hydrogens (tertiary/aromatic N) is 3. The number of H-pyrrole nitrogens is 2. The van der Waals surface area contributed by atoms with Crippen molar-refractivity contribution in [2.24, 2.45) is 23.2 Å². The molecule has 7 N–H and O–H groups in total. The lowest BCUT2D eigenvalue weighted by atomic mass is 9.87. The van der Waals surface area contributed by atoms with Gasteiger partial charge in [0.05, 0.1) is 38.2 Å². The number of piperidine rings is 2. The van der Waals surface area contributed by atoms with Gasteiger partial charge >= 0.3 is 0 Å². The van der Waals surface area contributed by atoms with Crippen molar-refractivity contribution in [3.05, 3.63) is 68.9 Å². The standard InChI is InChI=1S/C47H53Cl3N10O6/c1-47(2,3)21-36(59-44(64)33-17-24-7-4-10-32(49)39(24)56-33)45(65)55-30(23-52)16-27-9-6-14-60(46(27)66)37-20-28(37)19-35(42(62)54-29(22-51)15-26-8-5-13-53-41(26)61)58-43(63)34-18-25-11-12-31(48)38(50)40(25)57-34/h4,7,10-12,17-18,26-30,35-37,56-57H,5-6,8-9,13-16,19-21H2,1-3H3,(H,53,61)(H,54,62)(H,55,65)(H,58,63)(H,59,64)/t26-,27?,28?,29-,30?,35-,36?,37?/m0/s1. The molecule has 3 aliphatic rings. The molecule has 2 saturated heterocycles. The molecule has 16 nitrogen and oxygen atoms in total. The minimum absolute atomic E-state index is 0.0566. The van der Waals surface area contributed by atoms with Crippen molar-refractivity contribution in [2.75, 3.05) is 13.1 Å². The molecular formula is C47H53Cl3N10O6. The average molecular weight is 960 g/mol. The van der Waals surface area contributed by atoms with Crippen molar-refractivity contribution in [1.82, 2.24) is 41.5 Å². The Hall–Kier alpha value is -5.81. The van der Waals surface area contributed by atoms with Crippen LogP contribution in [0.3, 0.4) is 0 Å². The van der Waals surface area contributed by atoms with E-state index in [0.29, 0.717) is 65.2 Å². The molecular weight excluding hydrogens is 907 g/mol. The van der Waals surface area contributed by atoms with Gasteiger partial charge in [0.25, 0.3) is 11.8 Å². The average Bonchev–Trinajstić information content (AvgIpc) is 3.65. The molecule has 2 aromatic heterocycles. The second kappa shape index (κ2) is 20.4. The van der Waals surface area contributed by atoms with Gasteiger partial charge in [-0.15, -0.1) is 0 Å². The maximum atomic E-state index is 14.1. The molecule has 0 bridgehead atoms. The molecule has 2 aliphatic heterocycles. The Morgan fingerprint density at radius 3 is 2.02 bits per heavy atom. The summed E-state index contributed by atoms with van der Waals surface area (Å²) in [4.78, 5) is 89.4. The van der Waals surface area contributed by atoms with E-state index in [9.17, 15) is 39.3 Å². The van der Waals surface area contributed by atoms with Crippen LogP contribution in [0, 0.1) is 45.8 Å². The number of aromatic nitrogens is 2. The molecule has 8 atom stereocenters. The Kier molecular flexibility index (Phi) is 14.9. The van der Waals surface area contributed by atoms with Gasteiger partial charge in [0.2, 0.25) is 23.6 Å². The van der Waals surface area contributed by atoms with Gasteiger partial charge in [-0.3, -0.25) is 28.8 Å². The summed E-state index contributed by atoms with van der Waals surface area (Å²) in [5, 5.41) is 36.6. The largest absolute Gasteiger partial charge is 0.356 e. The molecule has 1 aliphatic carbocycles. The number of nitrogens with one attached hydrogen (secondary N) is 7. The predicted octanol–water partition coefficient (Wildman–Crippen LogP) is 6.28. The molecule has 4 heterocycles. The number of likely N-dealkylation sites (tertiary alicyclic amines) is 1. The highest BCUT2D eigenvalue weighted by Gasteiger charge is 2.48. The summed E-state index contributed by atoms with van der Waals surface area (Å²) < 4.78 is 0. The zero-order valence-electron chi connectivity index (χ0n) is 36.9. The van der Waals surface area contributed by atoms with Crippen LogP contribution in [0.1, 0.15) is 99.5 Å². The fourth-order valence-electron chi connectivity index (χ4n) is 9.18. The first-order valence-electron chi connectivity index (χ1n) is 22.3. The van der Waals surface area contributed by atoms with Gasteiger partial charge in [0.15, 0.2) is 0 Å². The van der Waals surface area contributed by atoms with Gasteiger partial charge in [-0.1, -0.05) is 73.8 Å². The van der Waals surface area contributed by atoms with E-state index in [1.165, 1.54) is 0 Å². The third kappa shape index (κ3) is 11.4. The smallest absolute Gasteiger partial charge is 0.268 e. The molecule has 0 spiro atoms. The predicted molar refractivity (Wildman–Crippen MR) is 249 cm³/mol. The molecule has 3 fully saturated rings. The summed E-state index contributed by atoms with van der Waals surface area (Å²) in [6, 6.07) is 11.7. The van der Waals surface area contributed by atoms with Crippen molar-refractivity contribution in [3.8, 4) is 12.1 Å². The number of fused-ring (bicyclic) bond motifs is 2. The number of nitriles is 2. The minimum atomic E-state index is -1.11. The van der Waals surface area contributed by atoms with Crippen molar-refractivity contribution in [3.63, 3.8) is 0 Å². The topological polar surface area (TPSA) is 245 Å². The second-order valence-corrected chi connectivity index (χ2v) is 20.1. The molecule has 19 heteroatoms. The molecule has 1 saturated carbocycles. The van der Waals surface area contributed by atoms with Crippen LogP contribution in [0.25, 0.3) is 21.8 Å². The number of carbonyl (C=O) groups excluding carboxylic acids is 6. The number of rotatable bonds is 16. The van der Waals surface area contributed by atoms with Crippen LogP contribution in [-0.2, 0) is 19.2 Å². The Morgan fingerprint density at radius 2 is 1.38 bits per heavy atom. The molecule has 4 aromatic rings. The molecule has 7 rings (SSSR count). The highest BCUT2D eigenvalue weighted by molar-refractivity contribution is 6.45. The van der Waals surface area contributed by atoms with Crippen molar-refractivity contribution in [1.29, 1.82) is 10.5 Å². The number of amides is 6. The minimum Gasteiger partial charge on any atom is -0.356 e. The Balaban J connectivity index is 1.00. The van der Waals surface area contributed by atoms with Crippen LogP contribution in [-0.4, -0.2) is 93.6 Å². The lowest BCUT2D eigenvalue weighted by molar-refractivity contribution is -0.140. The fraction of sp³-hybridized carbons (Fsp3) is 0.489. The summed E-state index contributed by atoms with van der Waals surface area (Å²) in [5.74, 6) is -3.81.